The maximum atomic E-state index is 11.7. The lowest BCUT2D eigenvalue weighted by Gasteiger charge is -2.38. The van der Waals surface area contributed by atoms with Gasteiger partial charge in [-0.25, -0.2) is 4.79 Å². The molecular weight excluding hydrogens is 222 g/mol. The van der Waals surface area contributed by atoms with E-state index in [2.05, 4.69) is 10.3 Å². The molecule has 6 heteroatoms. The highest BCUT2D eigenvalue weighted by Crippen LogP contribution is 2.26. The molecule has 0 aliphatic carbocycles. The molecule has 1 aromatic rings. The first-order valence-electron chi connectivity index (χ1n) is 5.67. The normalized spacial score (nSPS) is 29.2. The number of piperidine rings is 1. The number of H-pyrrole nitrogens is 1. The van der Waals surface area contributed by atoms with Crippen molar-refractivity contribution < 1.29 is 5.11 Å². The van der Waals surface area contributed by atoms with Gasteiger partial charge >= 0.3 is 5.69 Å². The molecule has 1 saturated heterocycles. The molecule has 0 spiro atoms. The zero-order valence-electron chi connectivity index (χ0n) is 9.99. The van der Waals surface area contributed by atoms with Crippen LogP contribution < -0.4 is 16.6 Å². The summed E-state index contributed by atoms with van der Waals surface area (Å²) in [4.78, 5) is 25.3. The molecule has 1 aromatic heterocycles. The van der Waals surface area contributed by atoms with Crippen molar-refractivity contribution in [1.82, 2.24) is 14.9 Å². The monoisotopic (exact) mass is 239 g/mol. The van der Waals surface area contributed by atoms with Crippen molar-refractivity contribution in [3.05, 3.63) is 32.6 Å². The van der Waals surface area contributed by atoms with Crippen LogP contribution in [0.15, 0.2) is 15.8 Å². The highest BCUT2D eigenvalue weighted by atomic mass is 16.3. The van der Waals surface area contributed by atoms with Gasteiger partial charge in [0.1, 0.15) is 0 Å². The summed E-state index contributed by atoms with van der Waals surface area (Å²) in [6, 6.07) is -0.362. The molecule has 1 aliphatic rings. The minimum Gasteiger partial charge on any atom is -0.388 e. The molecule has 2 heterocycles. The van der Waals surface area contributed by atoms with Crippen LogP contribution in [0.25, 0.3) is 0 Å². The van der Waals surface area contributed by atoms with Crippen LogP contribution in [0.2, 0.25) is 0 Å². The van der Waals surface area contributed by atoms with Crippen molar-refractivity contribution in [2.24, 2.45) is 0 Å². The van der Waals surface area contributed by atoms with Gasteiger partial charge in [0, 0.05) is 18.3 Å². The van der Waals surface area contributed by atoms with Crippen molar-refractivity contribution in [3.8, 4) is 0 Å². The Morgan fingerprint density at radius 2 is 2.24 bits per heavy atom. The van der Waals surface area contributed by atoms with Crippen molar-refractivity contribution in [2.75, 3.05) is 13.1 Å². The highest BCUT2D eigenvalue weighted by Gasteiger charge is 2.36. The Bertz CT molecular complexity index is 529. The summed E-state index contributed by atoms with van der Waals surface area (Å²) in [5.74, 6) is 0. The van der Waals surface area contributed by atoms with Crippen molar-refractivity contribution in [3.63, 3.8) is 0 Å². The zero-order chi connectivity index (χ0) is 12.6. The highest BCUT2D eigenvalue weighted by molar-refractivity contribution is 5.04. The third kappa shape index (κ3) is 2.18. The summed E-state index contributed by atoms with van der Waals surface area (Å²) in [5.41, 5.74) is -1.34. The molecule has 2 rings (SSSR count). The molecule has 1 fully saturated rings. The van der Waals surface area contributed by atoms with Crippen molar-refractivity contribution >= 4 is 0 Å². The lowest BCUT2D eigenvalue weighted by molar-refractivity contribution is -0.0189. The molecule has 2 atom stereocenters. The van der Waals surface area contributed by atoms with Crippen LogP contribution in [0.3, 0.4) is 0 Å². The van der Waals surface area contributed by atoms with E-state index in [4.69, 9.17) is 0 Å². The Morgan fingerprint density at radius 3 is 2.88 bits per heavy atom. The second-order valence-corrected chi connectivity index (χ2v) is 4.81. The second-order valence-electron chi connectivity index (χ2n) is 4.81. The zero-order valence-corrected chi connectivity index (χ0v) is 9.99. The second kappa shape index (κ2) is 4.12. The lowest BCUT2D eigenvalue weighted by Crippen LogP contribution is -2.52. The number of hydrogen-bond acceptors (Lipinski definition) is 4. The number of rotatable bonds is 1. The molecule has 0 unspecified atom stereocenters. The molecule has 0 radical (unpaired) electrons. The van der Waals surface area contributed by atoms with E-state index < -0.39 is 11.3 Å². The van der Waals surface area contributed by atoms with Crippen molar-refractivity contribution in [1.29, 1.82) is 0 Å². The van der Waals surface area contributed by atoms with E-state index in [0.29, 0.717) is 18.5 Å². The van der Waals surface area contributed by atoms with Crippen LogP contribution in [0.4, 0.5) is 0 Å². The molecule has 0 aromatic carbocycles. The number of aromatic amines is 1. The minimum atomic E-state index is -0.945. The fourth-order valence-corrected chi connectivity index (χ4v) is 2.18. The first kappa shape index (κ1) is 12.1. The topological polar surface area (TPSA) is 87.1 Å². The summed E-state index contributed by atoms with van der Waals surface area (Å²) in [6.45, 7) is 4.59. The van der Waals surface area contributed by atoms with Gasteiger partial charge in [0.2, 0.25) is 0 Å². The first-order chi connectivity index (χ1) is 7.92. The van der Waals surface area contributed by atoms with Crippen molar-refractivity contribution in [2.45, 2.75) is 31.9 Å². The van der Waals surface area contributed by atoms with Gasteiger partial charge in [0.05, 0.1) is 11.6 Å². The predicted molar refractivity (Wildman–Crippen MR) is 63.2 cm³/mol. The molecule has 3 N–H and O–H groups in total. The predicted octanol–water partition coefficient (Wildman–Crippen LogP) is -0.870. The number of aryl methyl sites for hydroxylation is 1. The molecule has 6 nitrogen and oxygen atoms in total. The fourth-order valence-electron chi connectivity index (χ4n) is 2.18. The van der Waals surface area contributed by atoms with Crippen LogP contribution in [-0.2, 0) is 0 Å². The number of aromatic nitrogens is 2. The SMILES string of the molecule is Cc1cn([C@@H]2CNCC[C@@]2(C)O)c(=O)[nH]c1=O. The Morgan fingerprint density at radius 1 is 1.53 bits per heavy atom. The molecular formula is C11H17N3O3. The number of nitrogens with zero attached hydrogens (tertiary/aromatic N) is 1. The average molecular weight is 239 g/mol. The summed E-state index contributed by atoms with van der Waals surface area (Å²) < 4.78 is 1.41. The van der Waals surface area contributed by atoms with E-state index in [-0.39, 0.29) is 11.6 Å². The van der Waals surface area contributed by atoms with Crippen LogP contribution in [0, 0.1) is 6.92 Å². The van der Waals surface area contributed by atoms with E-state index in [9.17, 15) is 14.7 Å². The smallest absolute Gasteiger partial charge is 0.328 e. The maximum absolute atomic E-state index is 11.7. The molecule has 0 bridgehead atoms. The van der Waals surface area contributed by atoms with Gasteiger partial charge in [-0.3, -0.25) is 14.3 Å². The Labute approximate surface area is 98.3 Å². The van der Waals surface area contributed by atoms with E-state index in [0.717, 1.165) is 6.54 Å². The van der Waals surface area contributed by atoms with Gasteiger partial charge in [-0.15, -0.1) is 0 Å². The summed E-state index contributed by atoms with van der Waals surface area (Å²) in [5, 5.41) is 13.4. The largest absolute Gasteiger partial charge is 0.388 e. The van der Waals surface area contributed by atoms with Gasteiger partial charge in [-0.1, -0.05) is 0 Å². The van der Waals surface area contributed by atoms with E-state index in [1.807, 2.05) is 0 Å². The molecule has 0 saturated carbocycles. The Balaban J connectivity index is 2.49. The number of nitrogens with one attached hydrogen (secondary N) is 2. The van der Waals surface area contributed by atoms with Gasteiger partial charge in [0.15, 0.2) is 0 Å². The standard InChI is InChI=1S/C11H17N3O3/c1-7-6-14(10(16)13-9(7)15)8-5-12-4-3-11(8,2)17/h6,8,12,17H,3-5H2,1-2H3,(H,13,15,16)/t8-,11-/m1/s1. The molecule has 94 valence electrons. The third-order valence-corrected chi connectivity index (χ3v) is 3.35. The maximum Gasteiger partial charge on any atom is 0.328 e. The first-order valence-corrected chi connectivity index (χ1v) is 5.67. The van der Waals surface area contributed by atoms with Gasteiger partial charge in [0.25, 0.3) is 5.56 Å². The van der Waals surface area contributed by atoms with Crippen LogP contribution in [0.5, 0.6) is 0 Å². The molecule has 17 heavy (non-hydrogen) atoms. The average Bonchev–Trinajstić information content (AvgIpc) is 2.23. The lowest BCUT2D eigenvalue weighted by atomic mass is 9.89. The van der Waals surface area contributed by atoms with E-state index in [1.54, 1.807) is 13.8 Å². The summed E-state index contributed by atoms with van der Waals surface area (Å²) >= 11 is 0. The van der Waals surface area contributed by atoms with Crippen LogP contribution in [-0.4, -0.2) is 33.3 Å². The Kier molecular flexibility index (Phi) is 2.92. The number of aliphatic hydroxyl groups is 1. The van der Waals surface area contributed by atoms with E-state index in [1.165, 1.54) is 10.8 Å². The Hall–Kier alpha value is -1.40. The third-order valence-electron chi connectivity index (χ3n) is 3.35. The van der Waals surface area contributed by atoms with Gasteiger partial charge in [-0.2, -0.15) is 0 Å². The fraction of sp³-hybridized carbons (Fsp3) is 0.636. The van der Waals surface area contributed by atoms with E-state index >= 15 is 0 Å². The van der Waals surface area contributed by atoms with Gasteiger partial charge < -0.3 is 10.4 Å². The quantitative estimate of drug-likeness (QED) is 0.594. The number of hydrogen-bond donors (Lipinski definition) is 3. The van der Waals surface area contributed by atoms with Gasteiger partial charge in [-0.05, 0) is 26.8 Å². The minimum absolute atomic E-state index is 0.362. The molecule has 0 amide bonds. The van der Waals surface area contributed by atoms with Crippen LogP contribution in [0.1, 0.15) is 24.9 Å². The summed E-state index contributed by atoms with van der Waals surface area (Å²) in [6.07, 6.45) is 2.08. The summed E-state index contributed by atoms with van der Waals surface area (Å²) in [7, 11) is 0. The van der Waals surface area contributed by atoms with Crippen LogP contribution >= 0.6 is 0 Å². The molecule has 1 aliphatic heterocycles.